The first kappa shape index (κ1) is 24.1. The molecule has 0 saturated heterocycles. The summed E-state index contributed by atoms with van der Waals surface area (Å²) in [6, 6.07) is 5.81. The number of hydrogen-bond acceptors (Lipinski definition) is 6. The van der Waals surface area contributed by atoms with Crippen LogP contribution in [0.4, 0.5) is 4.79 Å². The lowest BCUT2D eigenvalue weighted by Crippen LogP contribution is -2.44. The maximum Gasteiger partial charge on any atom is 0.408 e. The molecule has 0 heterocycles. The van der Waals surface area contributed by atoms with Crippen LogP contribution in [0.3, 0.4) is 0 Å². The number of rotatable bonds is 10. The normalized spacial score (nSPS) is 13.0. The summed E-state index contributed by atoms with van der Waals surface area (Å²) in [4.78, 5) is 23.3. The second-order valence-corrected chi connectivity index (χ2v) is 9.22. The number of hydrogen-bond donors (Lipinski definition) is 2. The molecule has 0 saturated carbocycles. The van der Waals surface area contributed by atoms with Gasteiger partial charge in [0.2, 0.25) is 0 Å². The number of aliphatic carboxylic acids is 1. The highest BCUT2D eigenvalue weighted by Gasteiger charge is 2.26. The van der Waals surface area contributed by atoms with Crippen LogP contribution in [0.2, 0.25) is 0 Å². The lowest BCUT2D eigenvalue weighted by Gasteiger charge is -2.22. The van der Waals surface area contributed by atoms with Crippen LogP contribution >= 0.6 is 7.60 Å². The standard InChI is InChI=1S/C19H30NO7P/c1-6-25-28(24,26-7-2)13-15-10-8-14(9-11-15)12-16(17(21)22)20-18(23)27-19(3,4)5/h8-11,16H,6-7,12-13H2,1-5H3,(H,20,23)(H,21,22). The van der Waals surface area contributed by atoms with Gasteiger partial charge in [-0.05, 0) is 45.7 Å². The van der Waals surface area contributed by atoms with E-state index in [1.54, 1.807) is 58.9 Å². The van der Waals surface area contributed by atoms with Crippen molar-refractivity contribution in [3.8, 4) is 0 Å². The molecule has 1 rings (SSSR count). The van der Waals surface area contributed by atoms with Gasteiger partial charge in [0.1, 0.15) is 11.6 Å². The summed E-state index contributed by atoms with van der Waals surface area (Å²) in [5.74, 6) is -1.16. The van der Waals surface area contributed by atoms with Gasteiger partial charge >= 0.3 is 19.7 Å². The average molecular weight is 415 g/mol. The summed E-state index contributed by atoms with van der Waals surface area (Å²) in [6.45, 7) is 9.16. The van der Waals surface area contributed by atoms with Crippen molar-refractivity contribution in [2.75, 3.05) is 13.2 Å². The van der Waals surface area contributed by atoms with Crippen LogP contribution in [0.1, 0.15) is 45.7 Å². The van der Waals surface area contributed by atoms with E-state index in [2.05, 4.69) is 5.32 Å². The smallest absolute Gasteiger partial charge is 0.408 e. The van der Waals surface area contributed by atoms with Gasteiger partial charge in [0, 0.05) is 6.42 Å². The molecular formula is C19H30NO7P. The van der Waals surface area contributed by atoms with Gasteiger partial charge in [-0.1, -0.05) is 24.3 Å². The first-order valence-corrected chi connectivity index (χ1v) is 10.9. The Kier molecular flexibility index (Phi) is 9.14. The highest BCUT2D eigenvalue weighted by molar-refractivity contribution is 7.53. The lowest BCUT2D eigenvalue weighted by molar-refractivity contribution is -0.139. The summed E-state index contributed by atoms with van der Waals surface area (Å²) in [7, 11) is -3.21. The first-order valence-electron chi connectivity index (χ1n) is 9.16. The number of carbonyl (C=O) groups excluding carboxylic acids is 1. The van der Waals surface area contributed by atoms with Crippen LogP contribution in [-0.4, -0.2) is 42.0 Å². The number of alkyl carbamates (subject to hydrolysis) is 1. The summed E-state index contributed by atoms with van der Waals surface area (Å²) in [5.41, 5.74) is 0.736. The van der Waals surface area contributed by atoms with Crippen molar-refractivity contribution >= 4 is 19.7 Å². The topological polar surface area (TPSA) is 111 Å². The maximum absolute atomic E-state index is 12.6. The average Bonchev–Trinajstić information content (AvgIpc) is 2.54. The van der Waals surface area contributed by atoms with E-state index in [4.69, 9.17) is 13.8 Å². The molecule has 8 nitrogen and oxygen atoms in total. The van der Waals surface area contributed by atoms with Crippen LogP contribution in [0, 0.1) is 0 Å². The fourth-order valence-electron chi connectivity index (χ4n) is 2.41. The zero-order valence-electron chi connectivity index (χ0n) is 17.1. The minimum Gasteiger partial charge on any atom is -0.480 e. The molecule has 28 heavy (non-hydrogen) atoms. The van der Waals surface area contributed by atoms with Crippen molar-refractivity contribution in [3.63, 3.8) is 0 Å². The molecule has 0 aliphatic heterocycles. The Morgan fingerprint density at radius 3 is 2.00 bits per heavy atom. The molecule has 0 aliphatic carbocycles. The quantitative estimate of drug-likeness (QED) is 0.556. The summed E-state index contributed by atoms with van der Waals surface area (Å²) in [6.07, 6.45) is -0.567. The maximum atomic E-state index is 12.6. The van der Waals surface area contributed by atoms with E-state index in [1.807, 2.05) is 0 Å². The van der Waals surface area contributed by atoms with Crippen LogP contribution in [0.15, 0.2) is 24.3 Å². The molecule has 0 radical (unpaired) electrons. The van der Waals surface area contributed by atoms with Gasteiger partial charge in [-0.2, -0.15) is 0 Å². The highest BCUT2D eigenvalue weighted by Crippen LogP contribution is 2.51. The molecule has 1 aromatic rings. The van der Waals surface area contributed by atoms with E-state index in [0.717, 1.165) is 5.56 Å². The van der Waals surface area contributed by atoms with Gasteiger partial charge in [-0.3, -0.25) is 4.57 Å². The first-order chi connectivity index (χ1) is 13.0. The molecule has 9 heteroatoms. The van der Waals surface area contributed by atoms with Crippen molar-refractivity contribution in [3.05, 3.63) is 35.4 Å². The van der Waals surface area contributed by atoms with E-state index >= 15 is 0 Å². The van der Waals surface area contributed by atoms with E-state index in [-0.39, 0.29) is 25.8 Å². The number of carboxylic acid groups (broad SMARTS) is 1. The van der Waals surface area contributed by atoms with E-state index in [0.29, 0.717) is 5.56 Å². The largest absolute Gasteiger partial charge is 0.480 e. The van der Waals surface area contributed by atoms with Crippen LogP contribution in [0.25, 0.3) is 0 Å². The molecule has 1 atom stereocenters. The van der Waals surface area contributed by atoms with Crippen LogP contribution in [0.5, 0.6) is 0 Å². The zero-order chi connectivity index (χ0) is 21.4. The third-order valence-corrected chi connectivity index (χ3v) is 5.54. The van der Waals surface area contributed by atoms with Crippen molar-refractivity contribution in [1.82, 2.24) is 5.32 Å². The van der Waals surface area contributed by atoms with Crippen molar-refractivity contribution < 1.29 is 33.0 Å². The Morgan fingerprint density at radius 2 is 1.57 bits per heavy atom. The summed E-state index contributed by atoms with van der Waals surface area (Å²) < 4.78 is 28.2. The Hall–Kier alpha value is -1.89. The second kappa shape index (κ2) is 10.6. The predicted octanol–water partition coefficient (Wildman–Crippen LogP) is 3.97. The number of amides is 1. The molecule has 2 N–H and O–H groups in total. The molecule has 0 aliphatic rings. The number of nitrogens with one attached hydrogen (secondary N) is 1. The summed E-state index contributed by atoms with van der Waals surface area (Å²) in [5, 5.41) is 11.7. The molecular weight excluding hydrogens is 385 g/mol. The Morgan fingerprint density at radius 1 is 1.07 bits per heavy atom. The molecule has 0 fully saturated rings. The number of benzene rings is 1. The number of carbonyl (C=O) groups is 2. The van der Waals surface area contributed by atoms with Crippen molar-refractivity contribution in [2.24, 2.45) is 0 Å². The highest BCUT2D eigenvalue weighted by atomic mass is 31.2. The minimum atomic E-state index is -3.21. The molecule has 0 bridgehead atoms. The van der Waals surface area contributed by atoms with E-state index in [1.165, 1.54) is 0 Å². The molecule has 1 amide bonds. The Labute approximate surface area is 166 Å². The van der Waals surface area contributed by atoms with Gasteiger partial charge in [0.05, 0.1) is 19.4 Å². The molecule has 1 aromatic carbocycles. The molecule has 158 valence electrons. The lowest BCUT2D eigenvalue weighted by atomic mass is 10.0. The zero-order valence-corrected chi connectivity index (χ0v) is 18.0. The van der Waals surface area contributed by atoms with Crippen molar-refractivity contribution in [2.45, 2.75) is 58.8 Å². The van der Waals surface area contributed by atoms with Gasteiger partial charge in [0.25, 0.3) is 0 Å². The van der Waals surface area contributed by atoms with Gasteiger partial charge in [-0.25, -0.2) is 9.59 Å². The van der Waals surface area contributed by atoms with Gasteiger partial charge in [0.15, 0.2) is 0 Å². The van der Waals surface area contributed by atoms with E-state index in [9.17, 15) is 19.3 Å². The fourth-order valence-corrected chi connectivity index (χ4v) is 4.11. The summed E-state index contributed by atoms with van der Waals surface area (Å²) >= 11 is 0. The molecule has 1 unspecified atom stereocenters. The second-order valence-electron chi connectivity index (χ2n) is 7.16. The number of carboxylic acids is 1. The third kappa shape index (κ3) is 8.87. The van der Waals surface area contributed by atoms with Crippen LogP contribution in [-0.2, 0) is 35.7 Å². The Bertz CT molecular complexity index is 687. The van der Waals surface area contributed by atoms with Gasteiger partial charge in [-0.15, -0.1) is 0 Å². The molecule has 0 spiro atoms. The third-order valence-electron chi connectivity index (χ3n) is 3.48. The fraction of sp³-hybridized carbons (Fsp3) is 0.579. The predicted molar refractivity (Wildman–Crippen MR) is 106 cm³/mol. The minimum absolute atomic E-state index is 0.0867. The van der Waals surface area contributed by atoms with E-state index < -0.39 is 31.3 Å². The van der Waals surface area contributed by atoms with Crippen LogP contribution < -0.4 is 5.32 Å². The SMILES string of the molecule is CCOP(=O)(Cc1ccc(CC(NC(=O)OC(C)(C)C)C(=O)O)cc1)OCC. The van der Waals surface area contributed by atoms with Gasteiger partial charge < -0.3 is 24.2 Å². The number of ether oxygens (including phenoxy) is 1. The molecule has 0 aromatic heterocycles. The Balaban J connectivity index is 2.79. The van der Waals surface area contributed by atoms with Crippen molar-refractivity contribution in [1.29, 1.82) is 0 Å². The monoisotopic (exact) mass is 415 g/mol.